The van der Waals surface area contributed by atoms with E-state index in [0.717, 1.165) is 6.42 Å². The predicted molar refractivity (Wildman–Crippen MR) is 68.8 cm³/mol. The summed E-state index contributed by atoms with van der Waals surface area (Å²) in [5, 5.41) is 12.0. The molecule has 1 saturated carbocycles. The molecule has 0 aromatic heterocycles. The van der Waals surface area contributed by atoms with E-state index in [0.29, 0.717) is 31.0 Å². The van der Waals surface area contributed by atoms with Gasteiger partial charge >= 0.3 is 6.03 Å². The second-order valence-electron chi connectivity index (χ2n) is 5.13. The van der Waals surface area contributed by atoms with E-state index in [1.54, 1.807) is 4.90 Å². The smallest absolute Gasteiger partial charge is 0.317 e. The lowest BCUT2D eigenvalue weighted by atomic mass is 9.78. The van der Waals surface area contributed by atoms with Crippen molar-refractivity contribution in [3.63, 3.8) is 0 Å². The number of carbonyl (C=O) groups excluding carboxylic acids is 1. The number of hydrogen-bond donors (Lipinski definition) is 2. The second-order valence-corrected chi connectivity index (χ2v) is 5.13. The van der Waals surface area contributed by atoms with Crippen LogP contribution in [-0.2, 0) is 0 Å². The van der Waals surface area contributed by atoms with Crippen LogP contribution in [0.15, 0.2) is 0 Å². The van der Waals surface area contributed by atoms with E-state index < -0.39 is 0 Å². The molecule has 1 rings (SSSR count). The van der Waals surface area contributed by atoms with Crippen molar-refractivity contribution in [2.45, 2.75) is 46.1 Å². The highest BCUT2D eigenvalue weighted by molar-refractivity contribution is 5.74. The molecule has 17 heavy (non-hydrogen) atoms. The molecule has 0 saturated heterocycles. The minimum Gasteiger partial charge on any atom is -0.395 e. The summed E-state index contributed by atoms with van der Waals surface area (Å²) in [6.07, 6.45) is 3.54. The van der Waals surface area contributed by atoms with Gasteiger partial charge in [-0.05, 0) is 25.2 Å². The fraction of sp³-hybridized carbons (Fsp3) is 0.923. The van der Waals surface area contributed by atoms with E-state index in [9.17, 15) is 4.79 Å². The van der Waals surface area contributed by atoms with Crippen molar-refractivity contribution >= 4 is 6.03 Å². The molecule has 0 radical (unpaired) electrons. The Balaban J connectivity index is 2.48. The Labute approximate surface area is 104 Å². The summed E-state index contributed by atoms with van der Waals surface area (Å²) in [7, 11) is 0. The fourth-order valence-corrected chi connectivity index (χ4v) is 2.56. The molecule has 0 heterocycles. The van der Waals surface area contributed by atoms with Crippen molar-refractivity contribution in [2.75, 3.05) is 19.7 Å². The van der Waals surface area contributed by atoms with E-state index in [4.69, 9.17) is 5.11 Å². The van der Waals surface area contributed by atoms with Gasteiger partial charge in [-0.25, -0.2) is 4.79 Å². The molecule has 100 valence electrons. The number of amides is 2. The molecular weight excluding hydrogens is 216 g/mol. The molecular formula is C13H26N2O2. The zero-order valence-corrected chi connectivity index (χ0v) is 11.3. The van der Waals surface area contributed by atoms with Gasteiger partial charge in [-0.3, -0.25) is 0 Å². The van der Waals surface area contributed by atoms with Crippen LogP contribution in [0.1, 0.15) is 40.0 Å². The summed E-state index contributed by atoms with van der Waals surface area (Å²) < 4.78 is 0. The van der Waals surface area contributed by atoms with Crippen molar-refractivity contribution in [1.82, 2.24) is 10.2 Å². The molecule has 0 aliphatic heterocycles. The van der Waals surface area contributed by atoms with Crippen LogP contribution in [0.25, 0.3) is 0 Å². The number of nitrogens with zero attached hydrogens (tertiary/aromatic N) is 1. The minimum absolute atomic E-state index is 0.0257. The van der Waals surface area contributed by atoms with Gasteiger partial charge in [0.2, 0.25) is 0 Å². The molecule has 1 fully saturated rings. The summed E-state index contributed by atoms with van der Waals surface area (Å²) in [5.41, 5.74) is 0. The summed E-state index contributed by atoms with van der Waals surface area (Å²) >= 11 is 0. The van der Waals surface area contributed by atoms with E-state index in [2.05, 4.69) is 19.2 Å². The fourth-order valence-electron chi connectivity index (χ4n) is 2.56. The molecule has 4 nitrogen and oxygen atoms in total. The van der Waals surface area contributed by atoms with Gasteiger partial charge in [0.25, 0.3) is 0 Å². The van der Waals surface area contributed by atoms with Crippen LogP contribution in [0.4, 0.5) is 4.79 Å². The van der Waals surface area contributed by atoms with Crippen LogP contribution in [-0.4, -0.2) is 41.8 Å². The standard InChI is InChI=1S/C13H26N2O2/c1-4-15(8-9-16)13(17)14-12-7-5-6-10(2)11(12)3/h10-12,16H,4-9H2,1-3H3,(H,14,17). The van der Waals surface area contributed by atoms with Gasteiger partial charge in [0.1, 0.15) is 0 Å². The van der Waals surface area contributed by atoms with E-state index in [1.165, 1.54) is 12.8 Å². The van der Waals surface area contributed by atoms with Gasteiger partial charge < -0.3 is 15.3 Å². The van der Waals surface area contributed by atoms with Gasteiger partial charge in [-0.2, -0.15) is 0 Å². The molecule has 2 amide bonds. The Morgan fingerprint density at radius 3 is 2.71 bits per heavy atom. The van der Waals surface area contributed by atoms with Gasteiger partial charge in [0.15, 0.2) is 0 Å². The predicted octanol–water partition coefficient (Wildman–Crippen LogP) is 1.83. The quantitative estimate of drug-likeness (QED) is 0.790. The van der Waals surface area contributed by atoms with Crippen molar-refractivity contribution < 1.29 is 9.90 Å². The third kappa shape index (κ3) is 3.87. The third-order valence-corrected chi connectivity index (χ3v) is 4.05. The van der Waals surface area contributed by atoms with Crippen LogP contribution in [0, 0.1) is 11.8 Å². The average Bonchev–Trinajstić information content (AvgIpc) is 2.31. The number of aliphatic hydroxyl groups is 1. The Kier molecular flexibility index (Phi) is 5.75. The normalized spacial score (nSPS) is 28.8. The van der Waals surface area contributed by atoms with E-state index in [-0.39, 0.29) is 12.6 Å². The Bertz CT molecular complexity index is 246. The number of likely N-dealkylation sites (N-methyl/N-ethyl adjacent to an activating group) is 1. The number of hydrogen-bond acceptors (Lipinski definition) is 2. The summed E-state index contributed by atoms with van der Waals surface area (Å²) in [6, 6.07) is 0.256. The lowest BCUT2D eigenvalue weighted by Crippen LogP contribution is -2.50. The summed E-state index contributed by atoms with van der Waals surface area (Å²) in [6.45, 7) is 7.49. The molecule has 4 heteroatoms. The summed E-state index contributed by atoms with van der Waals surface area (Å²) in [5.74, 6) is 1.22. The van der Waals surface area contributed by atoms with Gasteiger partial charge in [-0.1, -0.05) is 26.7 Å². The topological polar surface area (TPSA) is 52.6 Å². The lowest BCUT2D eigenvalue weighted by molar-refractivity contribution is 0.158. The Morgan fingerprint density at radius 1 is 1.41 bits per heavy atom. The summed E-state index contributed by atoms with van der Waals surface area (Å²) in [4.78, 5) is 13.6. The Morgan fingerprint density at radius 2 is 2.12 bits per heavy atom. The number of aliphatic hydroxyl groups excluding tert-OH is 1. The molecule has 0 spiro atoms. The van der Waals surface area contributed by atoms with Crippen LogP contribution in [0.5, 0.6) is 0 Å². The maximum Gasteiger partial charge on any atom is 0.317 e. The average molecular weight is 242 g/mol. The first-order valence-electron chi connectivity index (χ1n) is 6.76. The van der Waals surface area contributed by atoms with Crippen LogP contribution in [0.2, 0.25) is 0 Å². The minimum atomic E-state index is -0.0347. The second kappa shape index (κ2) is 6.84. The molecule has 3 atom stereocenters. The van der Waals surface area contributed by atoms with Crippen LogP contribution >= 0.6 is 0 Å². The van der Waals surface area contributed by atoms with Gasteiger partial charge in [0.05, 0.1) is 6.61 Å². The zero-order valence-electron chi connectivity index (χ0n) is 11.3. The monoisotopic (exact) mass is 242 g/mol. The number of carbonyl (C=O) groups is 1. The molecule has 3 unspecified atom stereocenters. The molecule has 2 N–H and O–H groups in total. The van der Waals surface area contributed by atoms with Crippen LogP contribution < -0.4 is 5.32 Å². The highest BCUT2D eigenvalue weighted by atomic mass is 16.3. The zero-order chi connectivity index (χ0) is 12.8. The molecule has 1 aliphatic carbocycles. The maximum atomic E-state index is 12.0. The molecule has 0 aromatic rings. The van der Waals surface area contributed by atoms with Crippen LogP contribution in [0.3, 0.4) is 0 Å². The van der Waals surface area contributed by atoms with Crippen molar-refractivity contribution in [3.05, 3.63) is 0 Å². The van der Waals surface area contributed by atoms with Crippen molar-refractivity contribution in [1.29, 1.82) is 0 Å². The highest BCUT2D eigenvalue weighted by Crippen LogP contribution is 2.29. The van der Waals surface area contributed by atoms with E-state index >= 15 is 0 Å². The number of urea groups is 1. The maximum absolute atomic E-state index is 12.0. The molecule has 0 bridgehead atoms. The molecule has 1 aliphatic rings. The third-order valence-electron chi connectivity index (χ3n) is 4.05. The SMILES string of the molecule is CCN(CCO)C(=O)NC1CCCC(C)C1C. The number of rotatable bonds is 4. The highest BCUT2D eigenvalue weighted by Gasteiger charge is 2.28. The lowest BCUT2D eigenvalue weighted by Gasteiger charge is -2.35. The van der Waals surface area contributed by atoms with Crippen molar-refractivity contribution in [3.8, 4) is 0 Å². The van der Waals surface area contributed by atoms with Gasteiger partial charge in [0, 0.05) is 19.1 Å². The van der Waals surface area contributed by atoms with Gasteiger partial charge in [-0.15, -0.1) is 0 Å². The first kappa shape index (κ1) is 14.3. The van der Waals surface area contributed by atoms with Crippen molar-refractivity contribution in [2.24, 2.45) is 11.8 Å². The first-order chi connectivity index (χ1) is 8.10. The number of nitrogens with one attached hydrogen (secondary N) is 1. The van der Waals surface area contributed by atoms with E-state index in [1.807, 2.05) is 6.92 Å². The largest absolute Gasteiger partial charge is 0.395 e. The first-order valence-corrected chi connectivity index (χ1v) is 6.76. The Hall–Kier alpha value is -0.770. The molecule has 0 aromatic carbocycles.